The van der Waals surface area contributed by atoms with E-state index in [4.69, 9.17) is 0 Å². The van der Waals surface area contributed by atoms with Gasteiger partial charge in [-0.15, -0.1) is 10.2 Å². The number of carbonyl (C=O) groups excluding carboxylic acids is 1. The standard InChI is InChI=1S/C17H20N4O3S2/c1-13-19-20-17(25-13)18-16(22)15-7-10-21(11-8-15)26(23,24)12-9-14-5-3-2-4-6-14/h2-6,9,12,15H,7-8,10-11H2,1H3,(H,18,20,22)/b12-9+. The highest BCUT2D eigenvalue weighted by Crippen LogP contribution is 2.23. The second-order valence-corrected chi connectivity index (χ2v) is 9.05. The summed E-state index contributed by atoms with van der Waals surface area (Å²) in [4.78, 5) is 12.3. The maximum atomic E-state index is 12.5. The molecule has 1 saturated heterocycles. The van der Waals surface area contributed by atoms with Crippen LogP contribution in [0.4, 0.5) is 5.13 Å². The smallest absolute Gasteiger partial charge is 0.236 e. The van der Waals surface area contributed by atoms with Gasteiger partial charge in [0.1, 0.15) is 5.01 Å². The van der Waals surface area contributed by atoms with E-state index < -0.39 is 10.0 Å². The highest BCUT2D eigenvalue weighted by molar-refractivity contribution is 7.92. The van der Waals surface area contributed by atoms with Crippen molar-refractivity contribution in [1.29, 1.82) is 0 Å². The maximum absolute atomic E-state index is 12.5. The van der Waals surface area contributed by atoms with Crippen LogP contribution in [0.5, 0.6) is 0 Å². The molecule has 0 radical (unpaired) electrons. The molecule has 26 heavy (non-hydrogen) atoms. The van der Waals surface area contributed by atoms with Gasteiger partial charge in [-0.25, -0.2) is 8.42 Å². The average Bonchev–Trinajstić information content (AvgIpc) is 3.06. The average molecular weight is 393 g/mol. The number of piperidine rings is 1. The number of benzene rings is 1. The normalized spacial score (nSPS) is 16.8. The van der Waals surface area contributed by atoms with E-state index in [0.717, 1.165) is 10.6 Å². The van der Waals surface area contributed by atoms with Crippen molar-refractivity contribution in [2.45, 2.75) is 19.8 Å². The summed E-state index contributed by atoms with van der Waals surface area (Å²) in [5.41, 5.74) is 0.831. The van der Waals surface area contributed by atoms with Crippen LogP contribution in [0, 0.1) is 12.8 Å². The third-order valence-electron chi connectivity index (χ3n) is 4.17. The molecule has 2 heterocycles. The summed E-state index contributed by atoms with van der Waals surface area (Å²) < 4.78 is 26.3. The molecule has 0 atom stereocenters. The molecule has 1 aliphatic rings. The zero-order valence-corrected chi connectivity index (χ0v) is 16.0. The predicted octanol–water partition coefficient (Wildman–Crippen LogP) is 2.50. The summed E-state index contributed by atoms with van der Waals surface area (Å²) in [6.45, 7) is 2.48. The Labute approximate surface area is 156 Å². The minimum absolute atomic E-state index is 0.127. The van der Waals surface area contributed by atoms with Gasteiger partial charge in [-0.2, -0.15) is 4.31 Å². The number of amides is 1. The number of anilines is 1. The van der Waals surface area contributed by atoms with E-state index >= 15 is 0 Å². The van der Waals surface area contributed by atoms with E-state index in [1.54, 1.807) is 6.08 Å². The van der Waals surface area contributed by atoms with Crippen molar-refractivity contribution in [3.05, 3.63) is 46.3 Å². The van der Waals surface area contributed by atoms with Crippen molar-refractivity contribution >= 4 is 38.5 Å². The van der Waals surface area contributed by atoms with E-state index in [9.17, 15) is 13.2 Å². The third kappa shape index (κ3) is 4.75. The molecule has 7 nitrogen and oxygen atoms in total. The highest BCUT2D eigenvalue weighted by atomic mass is 32.2. The second-order valence-electron chi connectivity index (χ2n) is 6.05. The minimum atomic E-state index is -3.49. The summed E-state index contributed by atoms with van der Waals surface area (Å²) in [6, 6.07) is 9.28. The van der Waals surface area contributed by atoms with Crippen molar-refractivity contribution in [2.75, 3.05) is 18.4 Å². The molecule has 1 N–H and O–H groups in total. The first-order valence-electron chi connectivity index (χ1n) is 8.28. The van der Waals surface area contributed by atoms with Crippen LogP contribution < -0.4 is 5.32 Å². The van der Waals surface area contributed by atoms with Crippen LogP contribution in [0.2, 0.25) is 0 Å². The first-order valence-corrected chi connectivity index (χ1v) is 10.6. The Hall–Kier alpha value is -2.10. The molecule has 1 fully saturated rings. The first kappa shape index (κ1) is 18.7. The molecule has 3 rings (SSSR count). The van der Waals surface area contributed by atoms with Crippen LogP contribution in [0.25, 0.3) is 6.08 Å². The number of carbonyl (C=O) groups is 1. The number of nitrogens with one attached hydrogen (secondary N) is 1. The van der Waals surface area contributed by atoms with E-state index in [1.165, 1.54) is 21.1 Å². The van der Waals surface area contributed by atoms with Crippen LogP contribution in [0.3, 0.4) is 0 Å². The zero-order chi connectivity index (χ0) is 18.6. The van der Waals surface area contributed by atoms with Gasteiger partial charge in [-0.1, -0.05) is 41.7 Å². The molecule has 0 aliphatic carbocycles. The lowest BCUT2D eigenvalue weighted by Gasteiger charge is -2.29. The molecule has 9 heteroatoms. The van der Waals surface area contributed by atoms with E-state index in [-0.39, 0.29) is 11.8 Å². The molecule has 0 unspecified atom stereocenters. The van der Waals surface area contributed by atoms with Gasteiger partial charge in [0.2, 0.25) is 21.1 Å². The maximum Gasteiger partial charge on any atom is 0.236 e. The van der Waals surface area contributed by atoms with E-state index in [1.807, 2.05) is 37.3 Å². The Morgan fingerprint density at radius 1 is 1.23 bits per heavy atom. The van der Waals surface area contributed by atoms with Crippen LogP contribution in [-0.4, -0.2) is 41.9 Å². The van der Waals surface area contributed by atoms with E-state index in [0.29, 0.717) is 31.1 Å². The Morgan fingerprint density at radius 2 is 1.92 bits per heavy atom. The fourth-order valence-corrected chi connectivity index (χ4v) is 4.56. The van der Waals surface area contributed by atoms with Crippen molar-refractivity contribution in [2.24, 2.45) is 5.92 Å². The fourth-order valence-electron chi connectivity index (χ4n) is 2.74. The highest BCUT2D eigenvalue weighted by Gasteiger charge is 2.30. The molecular formula is C17H20N4O3S2. The van der Waals surface area contributed by atoms with Crippen molar-refractivity contribution in [3.63, 3.8) is 0 Å². The lowest BCUT2D eigenvalue weighted by atomic mass is 9.97. The largest absolute Gasteiger partial charge is 0.300 e. The molecule has 1 aromatic carbocycles. The summed E-state index contributed by atoms with van der Waals surface area (Å²) in [7, 11) is -3.49. The molecule has 0 bridgehead atoms. The molecule has 1 amide bonds. The SMILES string of the molecule is Cc1nnc(NC(=O)C2CCN(S(=O)(=O)/C=C/c3ccccc3)CC2)s1. The lowest BCUT2D eigenvalue weighted by Crippen LogP contribution is -2.40. The fraction of sp³-hybridized carbons (Fsp3) is 0.353. The number of hydrogen-bond acceptors (Lipinski definition) is 6. The number of hydrogen-bond donors (Lipinski definition) is 1. The van der Waals surface area contributed by atoms with Gasteiger partial charge in [0.05, 0.1) is 0 Å². The van der Waals surface area contributed by atoms with Crippen molar-refractivity contribution < 1.29 is 13.2 Å². The molecule has 1 aliphatic heterocycles. The van der Waals surface area contributed by atoms with Crippen LogP contribution in [0.1, 0.15) is 23.4 Å². The Kier molecular flexibility index (Phi) is 5.80. The number of nitrogens with zero attached hydrogens (tertiary/aromatic N) is 3. The molecule has 138 valence electrons. The molecular weight excluding hydrogens is 372 g/mol. The summed E-state index contributed by atoms with van der Waals surface area (Å²) in [6.07, 6.45) is 2.57. The van der Waals surface area contributed by atoms with Crippen LogP contribution in [-0.2, 0) is 14.8 Å². The monoisotopic (exact) mass is 392 g/mol. The molecule has 0 saturated carbocycles. The quantitative estimate of drug-likeness (QED) is 0.844. The number of sulfonamides is 1. The van der Waals surface area contributed by atoms with Gasteiger partial charge < -0.3 is 5.32 Å². The van der Waals surface area contributed by atoms with Crippen molar-refractivity contribution in [1.82, 2.24) is 14.5 Å². The zero-order valence-electron chi connectivity index (χ0n) is 14.3. The van der Waals surface area contributed by atoms with Gasteiger partial charge in [0, 0.05) is 24.4 Å². The molecule has 0 spiro atoms. The van der Waals surface area contributed by atoms with Gasteiger partial charge in [-0.05, 0) is 31.4 Å². The summed E-state index contributed by atoms with van der Waals surface area (Å²) in [5, 5.41) is 13.0. The second kappa shape index (κ2) is 8.07. The van der Waals surface area contributed by atoms with Gasteiger partial charge in [0.15, 0.2) is 0 Å². The lowest BCUT2D eigenvalue weighted by molar-refractivity contribution is -0.120. The Balaban J connectivity index is 1.55. The number of rotatable bonds is 5. The van der Waals surface area contributed by atoms with E-state index in [2.05, 4.69) is 15.5 Å². The van der Waals surface area contributed by atoms with Crippen LogP contribution >= 0.6 is 11.3 Å². The number of aryl methyl sites for hydroxylation is 1. The molecule has 2 aromatic rings. The van der Waals surface area contributed by atoms with Crippen molar-refractivity contribution in [3.8, 4) is 0 Å². The third-order valence-corrected chi connectivity index (χ3v) is 6.49. The summed E-state index contributed by atoms with van der Waals surface area (Å²) in [5.74, 6) is -0.346. The predicted molar refractivity (Wildman–Crippen MR) is 102 cm³/mol. The minimum Gasteiger partial charge on any atom is -0.300 e. The first-order chi connectivity index (χ1) is 12.4. The Bertz CT molecular complexity index is 886. The van der Waals surface area contributed by atoms with Gasteiger partial charge >= 0.3 is 0 Å². The number of aromatic nitrogens is 2. The van der Waals surface area contributed by atoms with Gasteiger partial charge in [0.25, 0.3) is 0 Å². The topological polar surface area (TPSA) is 92.3 Å². The molecule has 1 aromatic heterocycles. The summed E-state index contributed by atoms with van der Waals surface area (Å²) >= 11 is 1.32. The Morgan fingerprint density at radius 3 is 2.54 bits per heavy atom. The van der Waals surface area contributed by atoms with Crippen LogP contribution in [0.15, 0.2) is 35.7 Å². The van der Waals surface area contributed by atoms with Gasteiger partial charge in [-0.3, -0.25) is 4.79 Å².